The molecule has 2 N–H and O–H groups in total. The average Bonchev–Trinajstić information content (AvgIpc) is 2.99. The number of thiazole rings is 1. The predicted octanol–water partition coefficient (Wildman–Crippen LogP) is 3.97. The number of imidazole rings is 1. The maximum absolute atomic E-state index is 6.24. The van der Waals surface area contributed by atoms with Gasteiger partial charge in [-0.05, 0) is 24.8 Å². The fourth-order valence-corrected chi connectivity index (χ4v) is 3.90. The van der Waals surface area contributed by atoms with Gasteiger partial charge in [0.2, 0.25) is 0 Å². The van der Waals surface area contributed by atoms with Gasteiger partial charge in [0.25, 0.3) is 0 Å². The second-order valence-electron chi connectivity index (χ2n) is 5.10. The first-order valence-electron chi connectivity index (χ1n) is 6.81. The summed E-state index contributed by atoms with van der Waals surface area (Å²) in [6, 6.07) is 0. The second kappa shape index (κ2) is 5.65. The van der Waals surface area contributed by atoms with Gasteiger partial charge in [0.1, 0.15) is 0 Å². The van der Waals surface area contributed by atoms with E-state index in [-0.39, 0.29) is 0 Å². The fraction of sp³-hybridized carbons (Fsp3) is 0.500. The summed E-state index contributed by atoms with van der Waals surface area (Å²) in [6.07, 6.45) is 10.7. The molecule has 2 aromatic rings. The van der Waals surface area contributed by atoms with Crippen LogP contribution in [-0.2, 0) is 0 Å². The topological polar surface area (TPSA) is 43.3 Å². The Morgan fingerprint density at radius 2 is 2.26 bits per heavy atom. The zero-order chi connectivity index (χ0) is 13.2. The van der Waals surface area contributed by atoms with Crippen molar-refractivity contribution in [3.05, 3.63) is 28.0 Å². The van der Waals surface area contributed by atoms with Crippen LogP contribution in [0.1, 0.15) is 37.8 Å². The van der Waals surface area contributed by atoms with Gasteiger partial charge in [0.05, 0.1) is 5.69 Å². The largest absolute Gasteiger partial charge is 0.327 e. The van der Waals surface area contributed by atoms with E-state index < -0.39 is 0 Å². The Bertz CT molecular complexity index is 593. The molecule has 102 valence electrons. The highest BCUT2D eigenvalue weighted by Crippen LogP contribution is 2.32. The lowest BCUT2D eigenvalue weighted by Gasteiger charge is -2.23. The molecular weight excluding hydrogens is 278 g/mol. The third-order valence-corrected chi connectivity index (χ3v) is 4.98. The number of fused-ring (bicyclic) bond motifs is 1. The summed E-state index contributed by atoms with van der Waals surface area (Å²) in [5.41, 5.74) is 8.24. The van der Waals surface area contributed by atoms with E-state index in [1.807, 2.05) is 16.0 Å². The Morgan fingerprint density at radius 1 is 1.47 bits per heavy atom. The van der Waals surface area contributed by atoms with Gasteiger partial charge in [-0.25, -0.2) is 4.98 Å². The minimum absolute atomic E-state index is 0.577. The van der Waals surface area contributed by atoms with Gasteiger partial charge in [0.15, 0.2) is 10.1 Å². The molecule has 1 fully saturated rings. The molecule has 0 atom stereocenters. The predicted molar refractivity (Wildman–Crippen MR) is 81.7 cm³/mol. The van der Waals surface area contributed by atoms with Crippen molar-refractivity contribution < 1.29 is 0 Å². The quantitative estimate of drug-likeness (QED) is 0.931. The maximum atomic E-state index is 6.24. The molecule has 1 saturated carbocycles. The minimum atomic E-state index is 0.577. The van der Waals surface area contributed by atoms with Crippen LogP contribution in [0.4, 0.5) is 0 Å². The minimum Gasteiger partial charge on any atom is -0.327 e. The van der Waals surface area contributed by atoms with E-state index in [4.69, 9.17) is 17.3 Å². The summed E-state index contributed by atoms with van der Waals surface area (Å²) in [6.45, 7) is 0.609. The van der Waals surface area contributed by atoms with Crippen LogP contribution in [0.3, 0.4) is 0 Å². The van der Waals surface area contributed by atoms with Crippen molar-refractivity contribution >= 4 is 34.0 Å². The van der Waals surface area contributed by atoms with E-state index >= 15 is 0 Å². The molecule has 2 heterocycles. The number of aromatic nitrogens is 2. The Balaban J connectivity index is 1.97. The highest BCUT2D eigenvalue weighted by molar-refractivity contribution is 7.15. The van der Waals surface area contributed by atoms with E-state index in [2.05, 4.69) is 11.1 Å². The Morgan fingerprint density at radius 3 is 3.00 bits per heavy atom. The molecule has 0 amide bonds. The van der Waals surface area contributed by atoms with Crippen molar-refractivity contribution in [2.24, 2.45) is 11.7 Å². The molecule has 5 heteroatoms. The Kier molecular flexibility index (Phi) is 3.91. The van der Waals surface area contributed by atoms with Crippen LogP contribution >= 0.6 is 22.9 Å². The van der Waals surface area contributed by atoms with Crippen molar-refractivity contribution in [1.82, 2.24) is 9.38 Å². The van der Waals surface area contributed by atoms with Gasteiger partial charge in [-0.2, -0.15) is 0 Å². The van der Waals surface area contributed by atoms with Gasteiger partial charge in [-0.3, -0.25) is 4.40 Å². The summed E-state index contributed by atoms with van der Waals surface area (Å²) < 4.78 is 2.05. The number of nitrogens with two attached hydrogens (primary N) is 1. The number of rotatable bonds is 3. The van der Waals surface area contributed by atoms with Gasteiger partial charge in [-0.15, -0.1) is 11.3 Å². The second-order valence-corrected chi connectivity index (χ2v) is 6.33. The zero-order valence-electron chi connectivity index (χ0n) is 10.8. The van der Waals surface area contributed by atoms with Crippen LogP contribution in [-0.4, -0.2) is 15.9 Å². The molecule has 19 heavy (non-hydrogen) atoms. The lowest BCUT2D eigenvalue weighted by atomic mass is 9.83. The molecule has 0 radical (unpaired) electrons. The molecule has 1 aliphatic rings. The SMILES string of the molecule is NCC(=Cc1c(Cl)nc2sccn12)C1CCCCC1. The molecule has 3 rings (SSSR count). The first-order chi connectivity index (χ1) is 9.29. The molecule has 3 nitrogen and oxygen atoms in total. The molecule has 0 saturated heterocycles. The van der Waals surface area contributed by atoms with Crippen LogP contribution in [0.15, 0.2) is 17.2 Å². The third-order valence-electron chi connectivity index (χ3n) is 3.94. The third kappa shape index (κ3) is 2.57. The van der Waals surface area contributed by atoms with Crippen molar-refractivity contribution in [3.63, 3.8) is 0 Å². The first-order valence-corrected chi connectivity index (χ1v) is 8.07. The van der Waals surface area contributed by atoms with Gasteiger partial charge in [0, 0.05) is 18.1 Å². The normalized spacial score (nSPS) is 18.3. The van der Waals surface area contributed by atoms with Gasteiger partial charge < -0.3 is 5.73 Å². The van der Waals surface area contributed by atoms with Gasteiger partial charge >= 0.3 is 0 Å². The van der Waals surface area contributed by atoms with Crippen LogP contribution in [0.2, 0.25) is 5.15 Å². The van der Waals surface area contributed by atoms with E-state index in [9.17, 15) is 0 Å². The first kappa shape index (κ1) is 13.2. The van der Waals surface area contributed by atoms with Crippen molar-refractivity contribution in [3.8, 4) is 0 Å². The fourth-order valence-electron chi connectivity index (χ4n) is 2.90. The van der Waals surface area contributed by atoms with Crippen LogP contribution in [0.5, 0.6) is 0 Å². The maximum Gasteiger partial charge on any atom is 0.195 e. The summed E-state index contributed by atoms with van der Waals surface area (Å²) in [5.74, 6) is 0.624. The number of hydrogen-bond acceptors (Lipinski definition) is 3. The Labute approximate surface area is 122 Å². The van der Waals surface area contributed by atoms with E-state index in [0.717, 1.165) is 10.7 Å². The number of hydrogen-bond donors (Lipinski definition) is 1. The smallest absolute Gasteiger partial charge is 0.195 e. The van der Waals surface area contributed by atoms with E-state index in [1.54, 1.807) is 11.3 Å². The highest BCUT2D eigenvalue weighted by Gasteiger charge is 2.18. The standard InChI is InChI=1S/C14H18ClN3S/c15-13-12(18-6-7-19-14(18)17-13)8-11(9-16)10-4-2-1-3-5-10/h6-8,10H,1-5,9,16H2. The van der Waals surface area contributed by atoms with Crippen molar-refractivity contribution in [2.45, 2.75) is 32.1 Å². The van der Waals surface area contributed by atoms with Crippen molar-refractivity contribution in [1.29, 1.82) is 0 Å². The lowest BCUT2D eigenvalue weighted by molar-refractivity contribution is 0.401. The number of halogens is 1. The van der Waals surface area contributed by atoms with Crippen molar-refractivity contribution in [2.75, 3.05) is 6.54 Å². The summed E-state index contributed by atoms with van der Waals surface area (Å²) in [5, 5.41) is 2.60. The molecule has 0 aliphatic heterocycles. The Hall–Kier alpha value is -0.840. The molecule has 0 aromatic carbocycles. The molecule has 1 aliphatic carbocycles. The van der Waals surface area contributed by atoms with E-state index in [1.165, 1.54) is 37.7 Å². The zero-order valence-corrected chi connectivity index (χ0v) is 12.4. The van der Waals surface area contributed by atoms with Crippen LogP contribution < -0.4 is 5.73 Å². The highest BCUT2D eigenvalue weighted by atomic mass is 35.5. The summed E-state index contributed by atoms with van der Waals surface area (Å²) >= 11 is 7.84. The molecule has 0 unspecified atom stereocenters. The molecule has 0 spiro atoms. The monoisotopic (exact) mass is 295 g/mol. The summed E-state index contributed by atoms with van der Waals surface area (Å²) in [4.78, 5) is 5.31. The van der Waals surface area contributed by atoms with Gasteiger partial charge in [-0.1, -0.05) is 36.4 Å². The van der Waals surface area contributed by atoms with Crippen LogP contribution in [0, 0.1) is 5.92 Å². The average molecular weight is 296 g/mol. The molecule has 0 bridgehead atoms. The number of nitrogens with zero attached hydrogens (tertiary/aromatic N) is 2. The summed E-state index contributed by atoms with van der Waals surface area (Å²) in [7, 11) is 0. The lowest BCUT2D eigenvalue weighted by Crippen LogP contribution is -2.16. The molecular formula is C14H18ClN3S. The van der Waals surface area contributed by atoms with Crippen LogP contribution in [0.25, 0.3) is 11.0 Å². The molecule has 2 aromatic heterocycles. The van der Waals surface area contributed by atoms with E-state index in [0.29, 0.717) is 17.6 Å².